The van der Waals surface area contributed by atoms with E-state index in [0.29, 0.717) is 0 Å². The Morgan fingerprint density at radius 2 is 2.11 bits per heavy atom. The Kier molecular flexibility index (Phi) is 2.15. The number of fused-ring (bicyclic) bond motifs is 5. The molecule has 0 spiro atoms. The Morgan fingerprint density at radius 1 is 1.21 bits per heavy atom. The van der Waals surface area contributed by atoms with E-state index in [-0.39, 0.29) is 23.6 Å². The van der Waals surface area contributed by atoms with Crippen molar-refractivity contribution in [2.45, 2.75) is 65.2 Å². The summed E-state index contributed by atoms with van der Waals surface area (Å²) in [6.07, 6.45) is 14.2. The van der Waals surface area contributed by atoms with Gasteiger partial charge in [0, 0.05) is 8.16 Å². The maximum Gasteiger partial charge on any atom is 0.0353 e. The molecule has 4 rings (SSSR count). The van der Waals surface area contributed by atoms with Gasteiger partial charge in [-0.25, -0.2) is 0 Å². The maximum absolute atomic E-state index is 8.47. The Labute approximate surface area is 121 Å². The molecular weight excluding hydrogens is 228 g/mol. The van der Waals surface area contributed by atoms with Crippen LogP contribution in [0, 0.1) is 28.6 Å². The van der Waals surface area contributed by atoms with Gasteiger partial charge in [-0.1, -0.05) is 44.1 Å². The van der Waals surface area contributed by atoms with E-state index in [9.17, 15) is 0 Å². The number of hydrogen-bond acceptors (Lipinski definition) is 0. The van der Waals surface area contributed by atoms with E-state index in [1.807, 2.05) is 0 Å². The van der Waals surface area contributed by atoms with Gasteiger partial charge >= 0.3 is 0 Å². The molecule has 0 bridgehead atoms. The molecule has 2 unspecified atom stereocenters. The summed E-state index contributed by atoms with van der Waals surface area (Å²) in [6, 6.07) is 0. The van der Waals surface area contributed by atoms with Crippen molar-refractivity contribution < 1.29 is 2.74 Å². The van der Waals surface area contributed by atoms with Gasteiger partial charge < -0.3 is 0 Å². The molecule has 0 aromatic carbocycles. The van der Waals surface area contributed by atoms with E-state index >= 15 is 0 Å². The standard InChI is InChI=1S/C19H28/c1-18-11-5-7-16(18)15-9-8-14-6-3-4-12-19(14,2)17(15)10-13-18/h4,6,12,15-17H,3,5,7-11,13H2,1-2H3/t15-,16-,17-,18-,19-/m0/s1/i3D,11D/t3?,11?,15-,16-,17-,18-,19-. The van der Waals surface area contributed by atoms with Gasteiger partial charge in [0.25, 0.3) is 0 Å². The molecule has 0 heteroatoms. The number of rotatable bonds is 0. The van der Waals surface area contributed by atoms with E-state index in [4.69, 9.17) is 2.74 Å². The molecule has 0 saturated heterocycles. The molecule has 4 aliphatic carbocycles. The first-order valence-corrected chi connectivity index (χ1v) is 8.20. The lowest BCUT2D eigenvalue weighted by Gasteiger charge is -2.56. The van der Waals surface area contributed by atoms with E-state index in [1.165, 1.54) is 37.7 Å². The largest absolute Gasteiger partial charge is 0.0839 e. The molecule has 0 aliphatic heterocycles. The minimum atomic E-state index is -0.123. The number of hydrogen-bond donors (Lipinski definition) is 0. The first-order valence-electron chi connectivity index (χ1n) is 9.35. The Balaban J connectivity index is 1.69. The fourth-order valence-corrected chi connectivity index (χ4v) is 5.92. The molecular formula is C19H28. The van der Waals surface area contributed by atoms with Gasteiger partial charge in [-0.3, -0.25) is 0 Å². The average Bonchev–Trinajstić information content (AvgIpc) is 2.76. The molecule has 7 atom stereocenters. The van der Waals surface area contributed by atoms with E-state index in [2.05, 4.69) is 32.1 Å². The Bertz CT molecular complexity index is 508. The third kappa shape index (κ3) is 1.58. The van der Waals surface area contributed by atoms with Crippen LogP contribution in [0.5, 0.6) is 0 Å². The van der Waals surface area contributed by atoms with E-state index in [0.717, 1.165) is 24.2 Å². The molecule has 0 aromatic heterocycles. The van der Waals surface area contributed by atoms with Crippen LogP contribution in [0.4, 0.5) is 0 Å². The highest BCUT2D eigenvalue weighted by Crippen LogP contribution is 2.64. The van der Waals surface area contributed by atoms with Crippen LogP contribution in [-0.4, -0.2) is 0 Å². The van der Waals surface area contributed by atoms with Gasteiger partial charge in [0.05, 0.1) is 0 Å². The van der Waals surface area contributed by atoms with Gasteiger partial charge in [0.2, 0.25) is 0 Å². The lowest BCUT2D eigenvalue weighted by atomic mass is 9.48. The van der Waals surface area contributed by atoms with Crippen LogP contribution in [-0.2, 0) is 0 Å². The van der Waals surface area contributed by atoms with Gasteiger partial charge in [0.15, 0.2) is 0 Å². The summed E-state index contributed by atoms with van der Waals surface area (Å²) in [5.41, 5.74) is 2.03. The highest BCUT2D eigenvalue weighted by Gasteiger charge is 2.54. The molecule has 4 aliphatic rings. The summed E-state index contributed by atoms with van der Waals surface area (Å²) in [5, 5.41) is 0. The van der Waals surface area contributed by atoms with Crippen molar-refractivity contribution in [3.8, 4) is 0 Å². The van der Waals surface area contributed by atoms with Crippen LogP contribution in [0.25, 0.3) is 0 Å². The van der Waals surface area contributed by atoms with Crippen LogP contribution in [0.15, 0.2) is 23.8 Å². The summed E-state index contributed by atoms with van der Waals surface area (Å²) in [4.78, 5) is 0. The minimum Gasteiger partial charge on any atom is -0.0839 e. The zero-order chi connectivity index (χ0) is 14.8. The zero-order valence-corrected chi connectivity index (χ0v) is 12.4. The van der Waals surface area contributed by atoms with Crippen LogP contribution < -0.4 is 0 Å². The van der Waals surface area contributed by atoms with Crippen LogP contribution in [0.2, 0.25) is 0 Å². The second-order valence-electron chi connectivity index (χ2n) is 7.77. The first kappa shape index (κ1) is 10.2. The quantitative estimate of drug-likeness (QED) is 0.503. The van der Waals surface area contributed by atoms with Crippen molar-refractivity contribution in [1.29, 1.82) is 0 Å². The highest BCUT2D eigenvalue weighted by atomic mass is 14.6. The van der Waals surface area contributed by atoms with Crippen molar-refractivity contribution in [2.75, 3.05) is 0 Å². The molecule has 0 aromatic rings. The second kappa shape index (κ2) is 3.99. The summed E-state index contributed by atoms with van der Waals surface area (Å²) in [7, 11) is 0. The summed E-state index contributed by atoms with van der Waals surface area (Å²) < 4.78 is 16.5. The van der Waals surface area contributed by atoms with Crippen LogP contribution in [0.1, 0.15) is 67.9 Å². The molecule has 104 valence electrons. The Morgan fingerprint density at radius 3 is 3.00 bits per heavy atom. The van der Waals surface area contributed by atoms with Crippen LogP contribution in [0.3, 0.4) is 0 Å². The van der Waals surface area contributed by atoms with Gasteiger partial charge in [-0.2, -0.15) is 0 Å². The van der Waals surface area contributed by atoms with Gasteiger partial charge in [0.1, 0.15) is 0 Å². The minimum absolute atomic E-state index is 0.123. The van der Waals surface area contributed by atoms with Gasteiger partial charge in [-0.15, -0.1) is 0 Å². The highest BCUT2D eigenvalue weighted by molar-refractivity contribution is 5.31. The second-order valence-corrected chi connectivity index (χ2v) is 7.77. The van der Waals surface area contributed by atoms with Crippen molar-refractivity contribution in [3.05, 3.63) is 23.8 Å². The molecule has 0 heterocycles. The fourth-order valence-electron chi connectivity index (χ4n) is 5.92. The molecule has 3 fully saturated rings. The summed E-state index contributed by atoms with van der Waals surface area (Å²) in [6.45, 7) is 4.83. The van der Waals surface area contributed by atoms with Crippen molar-refractivity contribution in [2.24, 2.45) is 28.6 Å². The summed E-state index contributed by atoms with van der Waals surface area (Å²) in [5.74, 6) is 2.34. The van der Waals surface area contributed by atoms with E-state index in [1.54, 1.807) is 0 Å². The third-order valence-corrected chi connectivity index (χ3v) is 7.02. The molecule has 0 N–H and O–H groups in total. The summed E-state index contributed by atoms with van der Waals surface area (Å²) >= 11 is 0. The normalized spacial score (nSPS) is 61.4. The van der Waals surface area contributed by atoms with Crippen LogP contribution >= 0.6 is 0 Å². The predicted octanol–water partition coefficient (Wildman–Crippen LogP) is 5.51. The SMILES string of the molecule is [2H]C1C=C[C@@]2(C)C(=C1)CC[C@@H]1[C@@H]2CC[C@]2(C)C([2H])CC[C@@H]12. The molecule has 0 radical (unpaired) electrons. The molecule has 0 nitrogen and oxygen atoms in total. The average molecular weight is 258 g/mol. The lowest BCUT2D eigenvalue weighted by Crippen LogP contribution is -2.47. The number of allylic oxidation sites excluding steroid dienone is 4. The van der Waals surface area contributed by atoms with Crippen molar-refractivity contribution in [1.82, 2.24) is 0 Å². The predicted molar refractivity (Wildman–Crippen MR) is 80.8 cm³/mol. The fraction of sp³-hybridized carbons (Fsp3) is 0.789. The molecule has 0 amide bonds. The first-order chi connectivity index (χ1) is 9.95. The van der Waals surface area contributed by atoms with Gasteiger partial charge in [-0.05, 0) is 68.1 Å². The third-order valence-electron chi connectivity index (χ3n) is 7.02. The molecule has 3 saturated carbocycles. The zero-order valence-electron chi connectivity index (χ0n) is 14.4. The lowest BCUT2D eigenvalue weighted by molar-refractivity contribution is -0.0153. The topological polar surface area (TPSA) is 0 Å². The smallest absolute Gasteiger partial charge is 0.0353 e. The monoisotopic (exact) mass is 258 g/mol. The van der Waals surface area contributed by atoms with Crippen molar-refractivity contribution in [3.63, 3.8) is 0 Å². The molecule has 19 heavy (non-hydrogen) atoms. The van der Waals surface area contributed by atoms with E-state index < -0.39 is 0 Å². The maximum atomic E-state index is 8.47. The Hall–Kier alpha value is -0.520. The van der Waals surface area contributed by atoms with Crippen molar-refractivity contribution >= 4 is 0 Å².